The summed E-state index contributed by atoms with van der Waals surface area (Å²) < 4.78 is 27.8. The number of sulfonamides is 1. The fraction of sp³-hybridized carbons (Fsp3) is 0.316. The van der Waals surface area contributed by atoms with Gasteiger partial charge < -0.3 is 10.6 Å². The van der Waals surface area contributed by atoms with Crippen molar-refractivity contribution >= 4 is 34.0 Å². The highest BCUT2D eigenvalue weighted by Crippen LogP contribution is 2.21. The summed E-state index contributed by atoms with van der Waals surface area (Å²) in [5.41, 5.74) is 7.57. The Morgan fingerprint density at radius 1 is 1.22 bits per heavy atom. The topological polar surface area (TPSA) is 92.5 Å². The van der Waals surface area contributed by atoms with Gasteiger partial charge in [0.05, 0.1) is 4.90 Å². The van der Waals surface area contributed by atoms with E-state index in [0.717, 1.165) is 12.0 Å². The quantitative estimate of drug-likeness (QED) is 0.793. The molecule has 146 valence electrons. The average Bonchev–Trinajstić information content (AvgIpc) is 3.12. The molecule has 2 aromatic rings. The van der Waals surface area contributed by atoms with Crippen molar-refractivity contribution in [3.8, 4) is 0 Å². The van der Waals surface area contributed by atoms with Crippen LogP contribution in [0.4, 0.5) is 5.69 Å². The molecular formula is C19H24ClN3O3S. The van der Waals surface area contributed by atoms with E-state index < -0.39 is 10.0 Å². The Morgan fingerprint density at radius 3 is 2.56 bits per heavy atom. The van der Waals surface area contributed by atoms with Crippen LogP contribution in [0.2, 0.25) is 0 Å². The van der Waals surface area contributed by atoms with E-state index in [1.807, 2.05) is 19.1 Å². The number of hydrogen-bond donors (Lipinski definition) is 2. The first-order chi connectivity index (χ1) is 12.4. The Labute approximate surface area is 166 Å². The van der Waals surface area contributed by atoms with Crippen LogP contribution >= 0.6 is 12.4 Å². The first-order valence-electron chi connectivity index (χ1n) is 8.58. The third kappa shape index (κ3) is 5.00. The van der Waals surface area contributed by atoms with E-state index in [1.165, 1.54) is 12.1 Å². The molecule has 3 rings (SSSR count). The molecule has 6 nitrogen and oxygen atoms in total. The Bertz CT molecular complexity index is 901. The zero-order valence-corrected chi connectivity index (χ0v) is 16.7. The molecule has 27 heavy (non-hydrogen) atoms. The van der Waals surface area contributed by atoms with Crippen LogP contribution in [0.3, 0.4) is 0 Å². The van der Waals surface area contributed by atoms with Gasteiger partial charge in [-0.05, 0) is 56.1 Å². The molecule has 1 atom stereocenters. The molecule has 8 heteroatoms. The summed E-state index contributed by atoms with van der Waals surface area (Å²) >= 11 is 0. The van der Waals surface area contributed by atoms with Crippen LogP contribution in [0.25, 0.3) is 0 Å². The lowest BCUT2D eigenvalue weighted by Crippen LogP contribution is -2.30. The van der Waals surface area contributed by atoms with Crippen LogP contribution < -0.4 is 10.5 Å². The molecular weight excluding hydrogens is 386 g/mol. The van der Waals surface area contributed by atoms with E-state index in [1.54, 1.807) is 29.2 Å². The Morgan fingerprint density at radius 2 is 1.93 bits per heavy atom. The normalized spacial score (nSPS) is 16.7. The van der Waals surface area contributed by atoms with Crippen molar-refractivity contribution < 1.29 is 13.2 Å². The molecule has 1 amide bonds. The highest BCUT2D eigenvalue weighted by Gasteiger charge is 2.26. The number of halogens is 1. The van der Waals surface area contributed by atoms with Gasteiger partial charge in [0, 0.05) is 24.3 Å². The van der Waals surface area contributed by atoms with Crippen LogP contribution in [0.15, 0.2) is 53.4 Å². The van der Waals surface area contributed by atoms with Crippen molar-refractivity contribution in [2.45, 2.75) is 18.2 Å². The highest BCUT2D eigenvalue weighted by molar-refractivity contribution is 7.92. The van der Waals surface area contributed by atoms with E-state index in [9.17, 15) is 13.2 Å². The number of carbonyl (C=O) groups excluding carboxylic acids is 1. The van der Waals surface area contributed by atoms with Crippen molar-refractivity contribution in [3.63, 3.8) is 0 Å². The fourth-order valence-electron chi connectivity index (χ4n) is 3.02. The molecule has 1 aliphatic heterocycles. The molecule has 0 radical (unpaired) electrons. The average molecular weight is 410 g/mol. The van der Waals surface area contributed by atoms with Crippen molar-refractivity contribution in [3.05, 3.63) is 59.7 Å². The van der Waals surface area contributed by atoms with E-state index in [4.69, 9.17) is 5.73 Å². The molecule has 0 saturated carbocycles. The zero-order chi connectivity index (χ0) is 18.7. The monoisotopic (exact) mass is 409 g/mol. The van der Waals surface area contributed by atoms with Crippen molar-refractivity contribution in [1.82, 2.24) is 4.90 Å². The molecule has 1 saturated heterocycles. The maximum absolute atomic E-state index is 12.7. The molecule has 0 aromatic heterocycles. The molecule has 0 aliphatic carbocycles. The number of nitrogens with zero attached hydrogens (tertiary/aromatic N) is 1. The van der Waals surface area contributed by atoms with E-state index in [2.05, 4.69) is 4.72 Å². The summed E-state index contributed by atoms with van der Waals surface area (Å²) in [4.78, 5) is 14.5. The van der Waals surface area contributed by atoms with Crippen molar-refractivity contribution in [2.24, 2.45) is 11.7 Å². The largest absolute Gasteiger partial charge is 0.338 e. The third-order valence-electron chi connectivity index (χ3n) is 4.60. The Hall–Kier alpha value is -2.09. The number of aryl methyl sites for hydroxylation is 1. The van der Waals surface area contributed by atoms with Crippen molar-refractivity contribution in [2.75, 3.05) is 24.4 Å². The van der Waals surface area contributed by atoms with Gasteiger partial charge in [-0.2, -0.15) is 0 Å². The second-order valence-electron chi connectivity index (χ2n) is 6.64. The summed E-state index contributed by atoms with van der Waals surface area (Å²) in [7, 11) is -3.76. The molecule has 1 unspecified atom stereocenters. The molecule has 1 fully saturated rings. The molecule has 2 aromatic carbocycles. The van der Waals surface area contributed by atoms with Crippen molar-refractivity contribution in [1.29, 1.82) is 0 Å². The number of amides is 1. The summed E-state index contributed by atoms with van der Waals surface area (Å²) in [5, 5.41) is 0. The first-order valence-corrected chi connectivity index (χ1v) is 10.1. The molecule has 1 heterocycles. The van der Waals surface area contributed by atoms with Gasteiger partial charge >= 0.3 is 0 Å². The maximum atomic E-state index is 12.7. The summed E-state index contributed by atoms with van der Waals surface area (Å²) in [6.45, 7) is 3.76. The number of benzene rings is 2. The SMILES string of the molecule is Cc1ccc(NS(=O)(=O)c2cccc(C(=O)N3CCC(CN)C3)c2)cc1.Cl. The predicted molar refractivity (Wildman–Crippen MR) is 109 cm³/mol. The number of rotatable bonds is 5. The molecule has 0 spiro atoms. The highest BCUT2D eigenvalue weighted by atomic mass is 35.5. The van der Waals surface area contributed by atoms with E-state index >= 15 is 0 Å². The number of nitrogens with two attached hydrogens (primary N) is 1. The van der Waals surface area contributed by atoms with Crippen LogP contribution in [-0.4, -0.2) is 38.9 Å². The minimum atomic E-state index is -3.76. The van der Waals surface area contributed by atoms with Gasteiger partial charge in [0.1, 0.15) is 0 Å². The second-order valence-corrected chi connectivity index (χ2v) is 8.32. The lowest BCUT2D eigenvalue weighted by Gasteiger charge is -2.17. The smallest absolute Gasteiger partial charge is 0.261 e. The number of likely N-dealkylation sites (tertiary alicyclic amines) is 1. The predicted octanol–water partition coefficient (Wildman–Crippen LogP) is 2.64. The van der Waals surface area contributed by atoms with Crippen LogP contribution in [0.5, 0.6) is 0 Å². The summed E-state index contributed by atoms with van der Waals surface area (Å²) in [6.07, 6.45) is 0.884. The van der Waals surface area contributed by atoms with Gasteiger partial charge in [-0.15, -0.1) is 12.4 Å². The number of nitrogens with one attached hydrogen (secondary N) is 1. The Balaban J connectivity index is 0.00000261. The van der Waals surface area contributed by atoms with Crippen LogP contribution in [0, 0.1) is 12.8 Å². The van der Waals surface area contributed by atoms with Gasteiger partial charge in [-0.3, -0.25) is 9.52 Å². The number of anilines is 1. The fourth-order valence-corrected chi connectivity index (χ4v) is 4.13. The van der Waals surface area contributed by atoms with Crippen LogP contribution in [0.1, 0.15) is 22.3 Å². The minimum absolute atomic E-state index is 0. The van der Waals surface area contributed by atoms with E-state index in [-0.39, 0.29) is 23.2 Å². The first kappa shape index (κ1) is 21.2. The number of hydrogen-bond acceptors (Lipinski definition) is 4. The lowest BCUT2D eigenvalue weighted by atomic mass is 10.1. The van der Waals surface area contributed by atoms with Gasteiger partial charge in [-0.1, -0.05) is 23.8 Å². The molecule has 0 bridgehead atoms. The summed E-state index contributed by atoms with van der Waals surface area (Å²) in [5.74, 6) is 0.155. The second kappa shape index (κ2) is 8.73. The van der Waals surface area contributed by atoms with Gasteiger partial charge in [0.25, 0.3) is 15.9 Å². The standard InChI is InChI=1S/C19H23N3O3S.ClH/c1-14-5-7-17(8-6-14)21-26(24,25)18-4-2-3-16(11-18)19(23)22-10-9-15(12-20)13-22;/h2-8,11,15,21H,9-10,12-13,20H2,1H3;1H. The van der Waals surface area contributed by atoms with Gasteiger partial charge in [0.2, 0.25) is 0 Å². The molecule has 1 aliphatic rings. The van der Waals surface area contributed by atoms with Gasteiger partial charge in [-0.25, -0.2) is 8.42 Å². The summed E-state index contributed by atoms with van der Waals surface area (Å²) in [6, 6.07) is 13.2. The molecule has 3 N–H and O–H groups in total. The minimum Gasteiger partial charge on any atom is -0.338 e. The van der Waals surface area contributed by atoms with E-state index in [0.29, 0.717) is 36.8 Å². The zero-order valence-electron chi connectivity index (χ0n) is 15.1. The lowest BCUT2D eigenvalue weighted by molar-refractivity contribution is 0.0787. The maximum Gasteiger partial charge on any atom is 0.261 e. The van der Waals surface area contributed by atoms with Crippen LogP contribution in [-0.2, 0) is 10.0 Å². The van der Waals surface area contributed by atoms with Gasteiger partial charge in [0.15, 0.2) is 0 Å². The third-order valence-corrected chi connectivity index (χ3v) is 5.98. The Kier molecular flexibility index (Phi) is 6.86. The number of carbonyl (C=O) groups is 1.